The SMILES string of the molecule is COC(=O)CCNC(=O)[C@H](OCc1cccc(OCCF)c1)n1cc(COc2ccc3nc(S(N)(=O)=O)sc3c2)nn1. The van der Waals surface area contributed by atoms with Crippen LogP contribution in [0.25, 0.3) is 10.2 Å². The minimum Gasteiger partial charge on any atom is -0.491 e. The molecule has 1 atom stereocenters. The Bertz CT molecular complexity index is 1640. The van der Waals surface area contributed by atoms with Crippen molar-refractivity contribution < 1.29 is 41.3 Å². The van der Waals surface area contributed by atoms with E-state index in [-0.39, 0.29) is 37.1 Å². The molecule has 0 radical (unpaired) electrons. The van der Waals surface area contributed by atoms with Crippen molar-refractivity contribution in [1.29, 1.82) is 0 Å². The normalized spacial score (nSPS) is 12.2. The summed E-state index contributed by atoms with van der Waals surface area (Å²) in [6.45, 7) is -0.768. The molecule has 0 spiro atoms. The molecule has 0 aliphatic heterocycles. The number of ether oxygens (including phenoxy) is 4. The number of hydrogen-bond donors (Lipinski definition) is 2. The van der Waals surface area contributed by atoms with Gasteiger partial charge in [0.25, 0.3) is 15.9 Å². The maximum absolute atomic E-state index is 13.0. The summed E-state index contributed by atoms with van der Waals surface area (Å²) in [5.41, 5.74) is 1.48. The van der Waals surface area contributed by atoms with E-state index >= 15 is 0 Å². The number of alkyl halides is 1. The molecule has 4 aromatic rings. The molecule has 4 rings (SSSR count). The Hall–Kier alpha value is -4.19. The smallest absolute Gasteiger partial charge is 0.307 e. The van der Waals surface area contributed by atoms with Crippen molar-refractivity contribution in [2.45, 2.75) is 30.2 Å². The van der Waals surface area contributed by atoms with Crippen molar-refractivity contribution in [2.75, 3.05) is 26.9 Å². The number of carbonyl (C=O) groups excluding carboxylic acids is 2. The summed E-state index contributed by atoms with van der Waals surface area (Å²) in [7, 11) is -2.68. The average Bonchev–Trinajstić information content (AvgIpc) is 3.62. The summed E-state index contributed by atoms with van der Waals surface area (Å²) in [6.07, 6.45) is 0.169. The molecule has 1 amide bonds. The van der Waals surface area contributed by atoms with Gasteiger partial charge in [-0.3, -0.25) is 9.59 Å². The van der Waals surface area contributed by atoms with E-state index in [0.717, 1.165) is 11.3 Å². The van der Waals surface area contributed by atoms with Crippen LogP contribution in [-0.2, 0) is 42.3 Å². The number of aromatic nitrogens is 4. The number of rotatable bonds is 15. The fraction of sp³-hybridized carbons (Fsp3) is 0.320. The molecule has 3 N–H and O–H groups in total. The van der Waals surface area contributed by atoms with E-state index in [1.54, 1.807) is 42.5 Å². The number of nitrogens with zero attached hydrogens (tertiary/aromatic N) is 4. The summed E-state index contributed by atoms with van der Waals surface area (Å²) in [4.78, 5) is 28.4. The summed E-state index contributed by atoms with van der Waals surface area (Å²) >= 11 is 0.918. The predicted octanol–water partition coefficient (Wildman–Crippen LogP) is 1.86. The number of carbonyl (C=O) groups is 2. The number of halogens is 1. The van der Waals surface area contributed by atoms with Gasteiger partial charge in [-0.05, 0) is 35.9 Å². The highest BCUT2D eigenvalue weighted by atomic mass is 32.2. The third-order valence-electron chi connectivity index (χ3n) is 5.50. The van der Waals surface area contributed by atoms with E-state index in [1.165, 1.54) is 18.0 Å². The van der Waals surface area contributed by atoms with Gasteiger partial charge < -0.3 is 24.3 Å². The summed E-state index contributed by atoms with van der Waals surface area (Å²) < 4.78 is 58.7. The number of fused-ring (bicyclic) bond motifs is 1. The van der Waals surface area contributed by atoms with Crippen molar-refractivity contribution in [2.24, 2.45) is 5.14 Å². The number of thiazole rings is 1. The zero-order valence-corrected chi connectivity index (χ0v) is 23.9. The standard InChI is InChI=1S/C25H27FN6O8S2/c1-37-22(33)7-9-28-23(34)24(40-14-16-3-2-4-18(11-16)38-10-8-26)32-13-17(30-31-32)15-39-19-5-6-20-21(12-19)41-25(29-20)42(27,35)36/h2-6,11-13,24H,7-10,14-15H2,1H3,(H,28,34)(H2,27,35,36)/t24-/m0/s1. The van der Waals surface area contributed by atoms with Crippen LogP contribution >= 0.6 is 11.3 Å². The molecule has 2 heterocycles. The van der Waals surface area contributed by atoms with Gasteiger partial charge in [-0.15, -0.1) is 16.4 Å². The first kappa shape index (κ1) is 30.8. The van der Waals surface area contributed by atoms with Crippen LogP contribution < -0.4 is 19.9 Å². The Balaban J connectivity index is 1.44. The van der Waals surface area contributed by atoms with Gasteiger partial charge in [0.1, 0.15) is 37.1 Å². The monoisotopic (exact) mass is 622 g/mol. The number of esters is 1. The Morgan fingerprint density at radius 3 is 2.71 bits per heavy atom. The average molecular weight is 623 g/mol. The lowest BCUT2D eigenvalue weighted by Crippen LogP contribution is -2.35. The number of benzene rings is 2. The van der Waals surface area contributed by atoms with E-state index in [0.29, 0.717) is 33.0 Å². The Morgan fingerprint density at radius 1 is 1.14 bits per heavy atom. The van der Waals surface area contributed by atoms with E-state index in [4.69, 9.17) is 19.3 Å². The number of amides is 1. The number of methoxy groups -OCH3 is 1. The van der Waals surface area contributed by atoms with Crippen LogP contribution in [-0.4, -0.2) is 67.2 Å². The Morgan fingerprint density at radius 2 is 1.95 bits per heavy atom. The molecule has 2 aromatic carbocycles. The van der Waals surface area contributed by atoms with Crippen LogP contribution in [0.1, 0.15) is 23.9 Å². The summed E-state index contributed by atoms with van der Waals surface area (Å²) in [5, 5.41) is 15.8. The fourth-order valence-corrected chi connectivity index (χ4v) is 5.24. The molecule has 14 nitrogen and oxygen atoms in total. The quantitative estimate of drug-likeness (QED) is 0.184. The van der Waals surface area contributed by atoms with Gasteiger partial charge in [0, 0.05) is 6.54 Å². The van der Waals surface area contributed by atoms with E-state index in [2.05, 4.69) is 25.3 Å². The van der Waals surface area contributed by atoms with Crippen molar-refractivity contribution in [3.8, 4) is 11.5 Å². The van der Waals surface area contributed by atoms with E-state index in [9.17, 15) is 22.4 Å². The first-order valence-electron chi connectivity index (χ1n) is 12.4. The molecule has 0 fully saturated rings. The van der Waals surface area contributed by atoms with Crippen LogP contribution in [0.3, 0.4) is 0 Å². The lowest BCUT2D eigenvalue weighted by atomic mass is 10.2. The molecular weight excluding hydrogens is 595 g/mol. The second kappa shape index (κ2) is 14.1. The highest BCUT2D eigenvalue weighted by Gasteiger charge is 2.24. The maximum atomic E-state index is 13.0. The molecule has 2 aromatic heterocycles. The first-order chi connectivity index (χ1) is 20.2. The lowest BCUT2D eigenvalue weighted by Gasteiger charge is -2.17. The second-order valence-corrected chi connectivity index (χ2v) is 11.4. The van der Waals surface area contributed by atoms with Crippen molar-refractivity contribution in [3.05, 3.63) is 59.9 Å². The third-order valence-corrected chi connectivity index (χ3v) is 7.84. The van der Waals surface area contributed by atoms with Gasteiger partial charge in [-0.2, -0.15) is 0 Å². The number of hydrogen-bond acceptors (Lipinski definition) is 12. The molecule has 224 valence electrons. The molecule has 42 heavy (non-hydrogen) atoms. The number of nitrogens with one attached hydrogen (secondary N) is 1. The minimum atomic E-state index is -3.93. The van der Waals surface area contributed by atoms with Crippen molar-refractivity contribution in [1.82, 2.24) is 25.3 Å². The predicted molar refractivity (Wildman–Crippen MR) is 147 cm³/mol. The molecule has 0 aliphatic rings. The topological polar surface area (TPSA) is 187 Å². The number of primary sulfonamides is 1. The number of nitrogens with two attached hydrogens (primary N) is 1. The molecule has 0 saturated carbocycles. The Kier molecular flexibility index (Phi) is 10.3. The van der Waals surface area contributed by atoms with Gasteiger partial charge in [-0.25, -0.2) is 27.6 Å². The lowest BCUT2D eigenvalue weighted by molar-refractivity contribution is -0.143. The van der Waals surface area contributed by atoms with Crippen molar-refractivity contribution >= 4 is 43.5 Å². The first-order valence-corrected chi connectivity index (χ1v) is 14.7. The molecule has 0 aliphatic carbocycles. The molecule has 0 bridgehead atoms. The van der Waals surface area contributed by atoms with Crippen LogP contribution in [0.5, 0.6) is 11.5 Å². The van der Waals surface area contributed by atoms with Gasteiger partial charge in [0.2, 0.25) is 10.6 Å². The second-order valence-electron chi connectivity index (χ2n) is 8.60. The largest absolute Gasteiger partial charge is 0.491 e. The zero-order chi connectivity index (χ0) is 30.1. The van der Waals surface area contributed by atoms with Crippen LogP contribution in [0, 0.1) is 0 Å². The highest BCUT2D eigenvalue weighted by molar-refractivity contribution is 7.91. The Labute approximate surface area is 243 Å². The molecular formula is C25H27FN6O8S2. The molecule has 17 heteroatoms. The number of sulfonamides is 1. The highest BCUT2D eigenvalue weighted by Crippen LogP contribution is 2.28. The van der Waals surface area contributed by atoms with E-state index < -0.39 is 34.8 Å². The van der Waals surface area contributed by atoms with Crippen LogP contribution in [0.2, 0.25) is 0 Å². The maximum Gasteiger partial charge on any atom is 0.307 e. The minimum absolute atomic E-state index is 0.00974. The molecule has 0 unspecified atom stereocenters. The summed E-state index contributed by atoms with van der Waals surface area (Å²) in [6, 6.07) is 11.6. The fourth-order valence-electron chi connectivity index (χ4n) is 3.55. The summed E-state index contributed by atoms with van der Waals surface area (Å²) in [5.74, 6) is -0.201. The van der Waals surface area contributed by atoms with Gasteiger partial charge >= 0.3 is 5.97 Å². The van der Waals surface area contributed by atoms with Crippen molar-refractivity contribution in [3.63, 3.8) is 0 Å². The van der Waals surface area contributed by atoms with Crippen LogP contribution in [0.15, 0.2) is 53.0 Å². The molecule has 0 saturated heterocycles. The van der Waals surface area contributed by atoms with E-state index in [1.807, 2.05) is 0 Å². The van der Waals surface area contributed by atoms with Gasteiger partial charge in [0.15, 0.2) is 0 Å². The zero-order valence-electron chi connectivity index (χ0n) is 22.3. The third kappa shape index (κ3) is 8.41. The van der Waals surface area contributed by atoms with Crippen LogP contribution in [0.4, 0.5) is 4.39 Å². The van der Waals surface area contributed by atoms with Gasteiger partial charge in [0.05, 0.1) is 36.6 Å². The van der Waals surface area contributed by atoms with Gasteiger partial charge in [-0.1, -0.05) is 17.3 Å².